The van der Waals surface area contributed by atoms with Crippen molar-refractivity contribution in [3.63, 3.8) is 0 Å². The van der Waals surface area contributed by atoms with Gasteiger partial charge in [0.1, 0.15) is 5.82 Å². The van der Waals surface area contributed by atoms with Gasteiger partial charge < -0.3 is 5.32 Å². The third-order valence-electron chi connectivity index (χ3n) is 2.40. The van der Waals surface area contributed by atoms with Gasteiger partial charge in [0.05, 0.1) is 0 Å². The third-order valence-corrected chi connectivity index (χ3v) is 2.40. The minimum absolute atomic E-state index is 0.344. The van der Waals surface area contributed by atoms with Crippen LogP contribution in [-0.2, 0) is 6.18 Å². The van der Waals surface area contributed by atoms with Crippen LogP contribution in [0.3, 0.4) is 0 Å². The van der Waals surface area contributed by atoms with Crippen LogP contribution >= 0.6 is 0 Å². The van der Waals surface area contributed by atoms with E-state index in [9.17, 15) is 13.2 Å². The smallest absolute Gasteiger partial charge is 0.370 e. The summed E-state index contributed by atoms with van der Waals surface area (Å²) in [6, 6.07) is 6.00. The van der Waals surface area contributed by atoms with E-state index in [0.29, 0.717) is 11.6 Å². The van der Waals surface area contributed by atoms with Crippen LogP contribution in [0.15, 0.2) is 30.5 Å². The van der Waals surface area contributed by atoms with Gasteiger partial charge in [0, 0.05) is 12.7 Å². The summed E-state index contributed by atoms with van der Waals surface area (Å²) in [7, 11) is 0. The summed E-state index contributed by atoms with van der Waals surface area (Å²) >= 11 is 0. The van der Waals surface area contributed by atoms with Crippen LogP contribution in [0.25, 0.3) is 5.82 Å². The molecule has 7 heteroatoms. The first-order valence-corrected chi connectivity index (χ1v) is 5.85. The van der Waals surface area contributed by atoms with Gasteiger partial charge in [0.25, 0.3) is 0 Å². The molecule has 2 aromatic rings. The zero-order chi connectivity index (χ0) is 13.9. The molecule has 102 valence electrons. The summed E-state index contributed by atoms with van der Waals surface area (Å²) < 4.78 is 38.5. The van der Waals surface area contributed by atoms with Gasteiger partial charge in [-0.3, -0.25) is 0 Å². The molecule has 0 amide bonds. The first-order valence-electron chi connectivity index (χ1n) is 5.85. The van der Waals surface area contributed by atoms with E-state index < -0.39 is 11.9 Å². The second kappa shape index (κ2) is 5.29. The minimum Gasteiger partial charge on any atom is -0.370 e. The first kappa shape index (κ1) is 13.4. The highest BCUT2D eigenvalue weighted by Gasteiger charge is 2.33. The number of alkyl halides is 3. The topological polar surface area (TPSA) is 42.7 Å². The summed E-state index contributed by atoms with van der Waals surface area (Å²) in [4.78, 5) is 4.20. The lowest BCUT2D eigenvalue weighted by Crippen LogP contribution is -2.08. The van der Waals surface area contributed by atoms with Crippen molar-refractivity contribution >= 4 is 5.82 Å². The second-order valence-corrected chi connectivity index (χ2v) is 3.95. The Hall–Kier alpha value is -2.05. The fraction of sp³-hybridized carbons (Fsp3) is 0.333. The van der Waals surface area contributed by atoms with Crippen molar-refractivity contribution in [3.05, 3.63) is 36.2 Å². The maximum Gasteiger partial charge on any atom is 0.435 e. The molecule has 2 heterocycles. The average Bonchev–Trinajstić information content (AvgIpc) is 2.86. The Kier molecular flexibility index (Phi) is 3.73. The summed E-state index contributed by atoms with van der Waals surface area (Å²) in [5.74, 6) is 0.958. The predicted molar refractivity (Wildman–Crippen MR) is 65.1 cm³/mol. The molecule has 0 radical (unpaired) electrons. The normalized spacial score (nSPS) is 11.6. The van der Waals surface area contributed by atoms with Crippen molar-refractivity contribution in [2.45, 2.75) is 19.5 Å². The highest BCUT2D eigenvalue weighted by molar-refractivity contribution is 5.39. The van der Waals surface area contributed by atoms with Gasteiger partial charge in [-0.25, -0.2) is 9.67 Å². The number of nitrogens with one attached hydrogen (secondary N) is 1. The third kappa shape index (κ3) is 3.24. The van der Waals surface area contributed by atoms with Gasteiger partial charge in [0.2, 0.25) is 0 Å². The van der Waals surface area contributed by atoms with E-state index in [1.54, 1.807) is 18.2 Å². The molecule has 0 aliphatic rings. The maximum absolute atomic E-state index is 12.5. The van der Waals surface area contributed by atoms with E-state index in [1.165, 1.54) is 6.20 Å². The van der Waals surface area contributed by atoms with Crippen LogP contribution in [0.4, 0.5) is 19.0 Å². The monoisotopic (exact) mass is 270 g/mol. The molecule has 19 heavy (non-hydrogen) atoms. The van der Waals surface area contributed by atoms with E-state index in [4.69, 9.17) is 0 Å². The maximum atomic E-state index is 12.5. The fourth-order valence-corrected chi connectivity index (χ4v) is 1.51. The Morgan fingerprint density at radius 3 is 2.68 bits per heavy atom. The lowest BCUT2D eigenvalue weighted by atomic mass is 10.4. The van der Waals surface area contributed by atoms with Gasteiger partial charge in [-0.15, -0.1) is 0 Å². The van der Waals surface area contributed by atoms with Crippen molar-refractivity contribution in [1.29, 1.82) is 0 Å². The standard InChI is InChI=1S/C12H13F3N4/c1-2-7-16-10-4-3-5-11(17-10)19-8-6-9(18-19)12(13,14)15/h3-6,8H,2,7H2,1H3,(H,16,17). The van der Waals surface area contributed by atoms with Gasteiger partial charge in [-0.2, -0.15) is 18.3 Å². The molecule has 0 bridgehead atoms. The highest BCUT2D eigenvalue weighted by atomic mass is 19.4. The first-order chi connectivity index (χ1) is 9.00. The summed E-state index contributed by atoms with van der Waals surface area (Å²) in [5, 5.41) is 6.54. The molecule has 0 spiro atoms. The molecule has 0 aromatic carbocycles. The minimum atomic E-state index is -4.44. The van der Waals surface area contributed by atoms with Crippen molar-refractivity contribution in [2.24, 2.45) is 0 Å². The summed E-state index contributed by atoms with van der Waals surface area (Å²) in [5.41, 5.74) is -0.929. The van der Waals surface area contributed by atoms with Gasteiger partial charge in [-0.1, -0.05) is 13.0 Å². The molecule has 0 unspecified atom stereocenters. The van der Waals surface area contributed by atoms with E-state index >= 15 is 0 Å². The molecule has 0 fully saturated rings. The molecule has 0 aliphatic carbocycles. The molecule has 2 rings (SSSR count). The molecule has 0 aliphatic heterocycles. The number of anilines is 1. The summed E-state index contributed by atoms with van der Waals surface area (Å²) in [6.45, 7) is 2.77. The Morgan fingerprint density at radius 2 is 2.05 bits per heavy atom. The average molecular weight is 270 g/mol. The quantitative estimate of drug-likeness (QED) is 0.928. The molecular weight excluding hydrogens is 257 g/mol. The van der Waals surface area contributed by atoms with Crippen molar-refractivity contribution < 1.29 is 13.2 Å². The second-order valence-electron chi connectivity index (χ2n) is 3.95. The molecule has 0 atom stereocenters. The van der Waals surface area contributed by atoms with Crippen molar-refractivity contribution in [2.75, 3.05) is 11.9 Å². The Bertz CT molecular complexity index is 548. The van der Waals surface area contributed by atoms with Crippen LogP contribution in [0.1, 0.15) is 19.0 Å². The lowest BCUT2D eigenvalue weighted by Gasteiger charge is -2.06. The van der Waals surface area contributed by atoms with Gasteiger partial charge in [0.15, 0.2) is 11.5 Å². The van der Waals surface area contributed by atoms with Crippen LogP contribution < -0.4 is 5.32 Å². The SMILES string of the molecule is CCCNc1cccc(-n2ccc(C(F)(F)F)n2)n1. The Balaban J connectivity index is 2.24. The molecule has 4 nitrogen and oxygen atoms in total. The van der Waals surface area contributed by atoms with Crippen LogP contribution in [0, 0.1) is 0 Å². The molecular formula is C12H13F3N4. The number of nitrogens with zero attached hydrogens (tertiary/aromatic N) is 3. The predicted octanol–water partition coefficient (Wildman–Crippen LogP) is 3.11. The molecule has 0 saturated carbocycles. The van der Waals surface area contributed by atoms with Crippen molar-refractivity contribution in [3.8, 4) is 5.82 Å². The van der Waals surface area contributed by atoms with Crippen LogP contribution in [-0.4, -0.2) is 21.3 Å². The van der Waals surface area contributed by atoms with E-state index in [2.05, 4.69) is 15.4 Å². The lowest BCUT2D eigenvalue weighted by molar-refractivity contribution is -0.141. The molecule has 2 aromatic heterocycles. The summed E-state index contributed by atoms with van der Waals surface area (Å²) in [6.07, 6.45) is -2.26. The number of aromatic nitrogens is 3. The number of rotatable bonds is 4. The number of halogens is 3. The van der Waals surface area contributed by atoms with Gasteiger partial charge in [-0.05, 0) is 24.6 Å². The Morgan fingerprint density at radius 1 is 1.26 bits per heavy atom. The molecule has 0 saturated heterocycles. The van der Waals surface area contributed by atoms with Crippen molar-refractivity contribution in [1.82, 2.24) is 14.8 Å². The van der Waals surface area contributed by atoms with E-state index in [-0.39, 0.29) is 0 Å². The van der Waals surface area contributed by atoms with Crippen LogP contribution in [0.2, 0.25) is 0 Å². The zero-order valence-electron chi connectivity index (χ0n) is 10.3. The van der Waals surface area contributed by atoms with Crippen LogP contribution in [0.5, 0.6) is 0 Å². The number of pyridine rings is 1. The largest absolute Gasteiger partial charge is 0.435 e. The fourth-order valence-electron chi connectivity index (χ4n) is 1.51. The highest BCUT2D eigenvalue weighted by Crippen LogP contribution is 2.27. The Labute approximate surface area is 108 Å². The van der Waals surface area contributed by atoms with E-state index in [1.807, 2.05) is 6.92 Å². The number of hydrogen-bond acceptors (Lipinski definition) is 3. The van der Waals surface area contributed by atoms with E-state index in [0.717, 1.165) is 23.7 Å². The zero-order valence-corrected chi connectivity index (χ0v) is 10.3. The van der Waals surface area contributed by atoms with Gasteiger partial charge >= 0.3 is 6.18 Å². The number of hydrogen-bond donors (Lipinski definition) is 1. The molecule has 1 N–H and O–H groups in total.